The van der Waals surface area contributed by atoms with Crippen LogP contribution in [0.4, 0.5) is 0 Å². The monoisotopic (exact) mass is 224 g/mol. The van der Waals surface area contributed by atoms with E-state index in [1.54, 1.807) is 24.3 Å². The van der Waals surface area contributed by atoms with E-state index in [0.717, 1.165) is 17.4 Å². The van der Waals surface area contributed by atoms with Crippen LogP contribution in [0.25, 0.3) is 11.6 Å². The molecule has 0 heterocycles. The molecule has 0 bridgehead atoms. The van der Waals surface area contributed by atoms with Gasteiger partial charge >= 0.3 is 0 Å². The van der Waals surface area contributed by atoms with Crippen molar-refractivity contribution in [3.05, 3.63) is 65.7 Å². The summed E-state index contributed by atoms with van der Waals surface area (Å²) in [4.78, 5) is 11.1. The lowest BCUT2D eigenvalue weighted by Crippen LogP contribution is -1.85. The number of benzene rings is 2. The molecule has 2 aromatic rings. The first-order valence-corrected chi connectivity index (χ1v) is 5.31. The van der Waals surface area contributed by atoms with Crippen LogP contribution in [-0.2, 0) is 4.79 Å². The summed E-state index contributed by atoms with van der Waals surface area (Å²) >= 11 is 0. The summed E-state index contributed by atoms with van der Waals surface area (Å²) < 4.78 is 0. The smallest absolute Gasteiger partial charge is 0.150 e. The average Bonchev–Trinajstić information content (AvgIpc) is 2.38. The molecule has 0 aliphatic rings. The van der Waals surface area contributed by atoms with Gasteiger partial charge in [0, 0.05) is 5.57 Å². The van der Waals surface area contributed by atoms with Crippen LogP contribution < -0.4 is 0 Å². The Kier molecular flexibility index (Phi) is 3.36. The third-order valence-corrected chi connectivity index (χ3v) is 2.45. The van der Waals surface area contributed by atoms with Gasteiger partial charge in [-0.3, -0.25) is 4.79 Å². The second kappa shape index (κ2) is 5.12. The Labute approximate surface area is 99.8 Å². The summed E-state index contributed by atoms with van der Waals surface area (Å²) in [5.74, 6) is 0.193. The molecular formula is C15H12O2. The van der Waals surface area contributed by atoms with E-state index in [2.05, 4.69) is 0 Å². The van der Waals surface area contributed by atoms with Gasteiger partial charge in [0.1, 0.15) is 5.75 Å². The number of carbonyl (C=O) groups excluding carboxylic acids is 1. The molecule has 0 radical (unpaired) electrons. The molecule has 1 N–H and O–H groups in total. The normalized spacial score (nSPS) is 11.2. The standard InChI is InChI=1S/C15H12O2/c16-11-14(10-12-4-2-1-3-5-12)13-6-8-15(17)9-7-13/h1-11,17H/b14-10-. The van der Waals surface area contributed by atoms with Crippen LogP contribution in [0.1, 0.15) is 11.1 Å². The number of hydrogen-bond donors (Lipinski definition) is 1. The van der Waals surface area contributed by atoms with E-state index in [9.17, 15) is 9.90 Å². The van der Waals surface area contributed by atoms with Crippen molar-refractivity contribution in [2.45, 2.75) is 0 Å². The van der Waals surface area contributed by atoms with Crippen LogP contribution in [0.3, 0.4) is 0 Å². The van der Waals surface area contributed by atoms with Crippen molar-refractivity contribution in [1.29, 1.82) is 0 Å². The van der Waals surface area contributed by atoms with Crippen molar-refractivity contribution in [2.75, 3.05) is 0 Å². The summed E-state index contributed by atoms with van der Waals surface area (Å²) in [5.41, 5.74) is 2.36. The molecule has 84 valence electrons. The summed E-state index contributed by atoms with van der Waals surface area (Å²) in [7, 11) is 0. The maximum Gasteiger partial charge on any atom is 0.150 e. The van der Waals surface area contributed by atoms with Gasteiger partial charge in [0.05, 0.1) is 0 Å². The van der Waals surface area contributed by atoms with E-state index in [1.165, 1.54) is 0 Å². The summed E-state index contributed by atoms with van der Waals surface area (Å²) in [6.45, 7) is 0. The predicted octanol–water partition coefficient (Wildman–Crippen LogP) is 3.13. The average molecular weight is 224 g/mol. The molecule has 0 unspecified atom stereocenters. The molecule has 0 spiro atoms. The Hall–Kier alpha value is -2.35. The fraction of sp³-hybridized carbons (Fsp3) is 0. The second-order valence-electron chi connectivity index (χ2n) is 3.68. The fourth-order valence-corrected chi connectivity index (χ4v) is 1.57. The van der Waals surface area contributed by atoms with Gasteiger partial charge in [-0.15, -0.1) is 0 Å². The quantitative estimate of drug-likeness (QED) is 0.494. The largest absolute Gasteiger partial charge is 0.508 e. The molecule has 2 aromatic carbocycles. The zero-order chi connectivity index (χ0) is 12.1. The first kappa shape index (κ1) is 11.1. The van der Waals surface area contributed by atoms with Gasteiger partial charge in [0.25, 0.3) is 0 Å². The number of allylic oxidation sites excluding steroid dienone is 1. The number of phenolic OH excluding ortho intramolecular Hbond substituents is 1. The molecule has 0 aliphatic carbocycles. The Balaban J connectivity index is 2.37. The highest BCUT2D eigenvalue weighted by Gasteiger charge is 2.00. The molecule has 2 nitrogen and oxygen atoms in total. The molecule has 2 heteroatoms. The highest BCUT2D eigenvalue weighted by atomic mass is 16.3. The topological polar surface area (TPSA) is 37.3 Å². The van der Waals surface area contributed by atoms with Gasteiger partial charge in [-0.25, -0.2) is 0 Å². The van der Waals surface area contributed by atoms with Crippen molar-refractivity contribution >= 4 is 17.9 Å². The zero-order valence-electron chi connectivity index (χ0n) is 9.21. The Morgan fingerprint density at radius 1 is 0.941 bits per heavy atom. The van der Waals surface area contributed by atoms with Crippen LogP contribution in [0, 0.1) is 0 Å². The molecular weight excluding hydrogens is 212 g/mol. The molecule has 17 heavy (non-hydrogen) atoms. The SMILES string of the molecule is O=C/C(=C/c1ccccc1)c1ccc(O)cc1. The fourth-order valence-electron chi connectivity index (χ4n) is 1.57. The lowest BCUT2D eigenvalue weighted by atomic mass is 10.0. The Bertz CT molecular complexity index is 525. The number of carbonyl (C=O) groups is 1. The molecule has 0 amide bonds. The van der Waals surface area contributed by atoms with E-state index in [0.29, 0.717) is 5.57 Å². The predicted molar refractivity (Wildman–Crippen MR) is 68.5 cm³/mol. The lowest BCUT2D eigenvalue weighted by Gasteiger charge is -2.01. The summed E-state index contributed by atoms with van der Waals surface area (Å²) in [6.07, 6.45) is 2.64. The highest BCUT2D eigenvalue weighted by Crippen LogP contribution is 2.18. The van der Waals surface area contributed by atoms with Crippen LogP contribution in [0.5, 0.6) is 5.75 Å². The lowest BCUT2D eigenvalue weighted by molar-refractivity contribution is -0.103. The second-order valence-corrected chi connectivity index (χ2v) is 3.68. The zero-order valence-corrected chi connectivity index (χ0v) is 9.21. The van der Waals surface area contributed by atoms with Gasteiger partial charge in [-0.05, 0) is 29.3 Å². The van der Waals surface area contributed by atoms with E-state index >= 15 is 0 Å². The van der Waals surface area contributed by atoms with Gasteiger partial charge < -0.3 is 5.11 Å². The number of aldehydes is 1. The minimum Gasteiger partial charge on any atom is -0.508 e. The Morgan fingerprint density at radius 3 is 2.18 bits per heavy atom. The van der Waals surface area contributed by atoms with E-state index in [4.69, 9.17) is 0 Å². The molecule has 0 aliphatic heterocycles. The van der Waals surface area contributed by atoms with Gasteiger partial charge in [-0.2, -0.15) is 0 Å². The molecule has 0 atom stereocenters. The van der Waals surface area contributed by atoms with Gasteiger partial charge in [0.2, 0.25) is 0 Å². The van der Waals surface area contributed by atoms with E-state index in [1.807, 2.05) is 36.4 Å². The maximum atomic E-state index is 11.1. The van der Waals surface area contributed by atoms with Crippen LogP contribution in [0.2, 0.25) is 0 Å². The van der Waals surface area contributed by atoms with Crippen LogP contribution in [0.15, 0.2) is 54.6 Å². The first-order valence-electron chi connectivity index (χ1n) is 5.31. The van der Waals surface area contributed by atoms with Crippen LogP contribution in [-0.4, -0.2) is 11.4 Å². The third kappa shape index (κ3) is 2.82. The number of rotatable bonds is 3. The van der Waals surface area contributed by atoms with E-state index in [-0.39, 0.29) is 5.75 Å². The van der Waals surface area contributed by atoms with Crippen molar-refractivity contribution in [2.24, 2.45) is 0 Å². The molecule has 0 saturated heterocycles. The van der Waals surface area contributed by atoms with Gasteiger partial charge in [0.15, 0.2) is 6.29 Å². The maximum absolute atomic E-state index is 11.1. The van der Waals surface area contributed by atoms with Crippen molar-refractivity contribution in [1.82, 2.24) is 0 Å². The Morgan fingerprint density at radius 2 is 1.59 bits per heavy atom. The number of phenols is 1. The van der Waals surface area contributed by atoms with Gasteiger partial charge in [-0.1, -0.05) is 42.5 Å². The minimum absolute atomic E-state index is 0.193. The summed E-state index contributed by atoms with van der Waals surface area (Å²) in [5, 5.41) is 9.19. The molecule has 0 aromatic heterocycles. The van der Waals surface area contributed by atoms with E-state index < -0.39 is 0 Å². The van der Waals surface area contributed by atoms with Crippen LogP contribution >= 0.6 is 0 Å². The molecule has 2 rings (SSSR count). The van der Waals surface area contributed by atoms with Crippen molar-refractivity contribution < 1.29 is 9.90 Å². The summed E-state index contributed by atoms with van der Waals surface area (Å²) in [6, 6.07) is 16.2. The molecule has 0 saturated carbocycles. The first-order chi connectivity index (χ1) is 8.29. The third-order valence-electron chi connectivity index (χ3n) is 2.45. The van der Waals surface area contributed by atoms with Crippen molar-refractivity contribution in [3.63, 3.8) is 0 Å². The minimum atomic E-state index is 0.193. The number of hydrogen-bond acceptors (Lipinski definition) is 2. The number of aromatic hydroxyl groups is 1. The molecule has 0 fully saturated rings. The highest BCUT2D eigenvalue weighted by molar-refractivity contribution is 6.13. The van der Waals surface area contributed by atoms with Crippen molar-refractivity contribution in [3.8, 4) is 5.75 Å².